The van der Waals surface area contributed by atoms with Crippen molar-refractivity contribution >= 4 is 31.9 Å². The van der Waals surface area contributed by atoms with E-state index in [1.54, 1.807) is 7.11 Å². The Kier molecular flexibility index (Phi) is 5.46. The number of methoxy groups -OCH3 is 1. The van der Waals surface area contributed by atoms with Crippen LogP contribution in [-0.4, -0.2) is 7.11 Å². The molecule has 0 spiro atoms. The van der Waals surface area contributed by atoms with Crippen LogP contribution in [0.3, 0.4) is 0 Å². The molecule has 3 nitrogen and oxygen atoms in total. The maximum Gasteiger partial charge on any atom is 0.134 e. The van der Waals surface area contributed by atoms with Gasteiger partial charge in [0.05, 0.1) is 11.6 Å². The molecule has 106 valence electrons. The van der Waals surface area contributed by atoms with Gasteiger partial charge in [-0.3, -0.25) is 0 Å². The van der Waals surface area contributed by atoms with Gasteiger partial charge in [0.1, 0.15) is 18.1 Å². The van der Waals surface area contributed by atoms with E-state index in [9.17, 15) is 0 Å². The van der Waals surface area contributed by atoms with E-state index in [4.69, 9.17) is 15.2 Å². The van der Waals surface area contributed by atoms with E-state index in [2.05, 4.69) is 31.9 Å². The van der Waals surface area contributed by atoms with Gasteiger partial charge in [-0.15, -0.1) is 0 Å². The predicted octanol–water partition coefficient (Wildman–Crippen LogP) is 4.26. The van der Waals surface area contributed by atoms with Crippen molar-refractivity contribution in [3.8, 4) is 11.5 Å². The Morgan fingerprint density at radius 1 is 1.05 bits per heavy atom. The summed E-state index contributed by atoms with van der Waals surface area (Å²) in [4.78, 5) is 0. The summed E-state index contributed by atoms with van der Waals surface area (Å²) < 4.78 is 12.9. The van der Waals surface area contributed by atoms with Gasteiger partial charge in [-0.05, 0) is 51.8 Å². The molecular weight excluding hydrogens is 386 g/mol. The Bertz CT molecular complexity index is 602. The van der Waals surface area contributed by atoms with Crippen LogP contribution in [0.1, 0.15) is 11.1 Å². The second-order valence-corrected chi connectivity index (χ2v) is 5.92. The van der Waals surface area contributed by atoms with Gasteiger partial charge in [0.2, 0.25) is 0 Å². The van der Waals surface area contributed by atoms with Crippen LogP contribution >= 0.6 is 31.9 Å². The molecule has 0 aromatic heterocycles. The molecule has 0 unspecified atom stereocenters. The van der Waals surface area contributed by atoms with Gasteiger partial charge in [0.15, 0.2) is 0 Å². The third-order valence-electron chi connectivity index (χ3n) is 2.87. The number of ether oxygens (including phenoxy) is 2. The van der Waals surface area contributed by atoms with Crippen LogP contribution in [0.4, 0.5) is 0 Å². The zero-order chi connectivity index (χ0) is 14.5. The molecule has 0 radical (unpaired) electrons. The van der Waals surface area contributed by atoms with Crippen molar-refractivity contribution in [2.24, 2.45) is 5.73 Å². The van der Waals surface area contributed by atoms with Gasteiger partial charge < -0.3 is 15.2 Å². The van der Waals surface area contributed by atoms with E-state index >= 15 is 0 Å². The number of benzene rings is 2. The fraction of sp³-hybridized carbons (Fsp3) is 0.200. The van der Waals surface area contributed by atoms with Crippen LogP contribution in [0.25, 0.3) is 0 Å². The lowest BCUT2D eigenvalue weighted by Gasteiger charge is -2.11. The summed E-state index contributed by atoms with van der Waals surface area (Å²) in [6, 6.07) is 11.6. The molecule has 0 saturated heterocycles. The summed E-state index contributed by atoms with van der Waals surface area (Å²) in [5, 5.41) is 0. The fourth-order valence-electron chi connectivity index (χ4n) is 1.73. The van der Waals surface area contributed by atoms with Gasteiger partial charge in [-0.2, -0.15) is 0 Å². The normalized spacial score (nSPS) is 10.4. The molecule has 0 bridgehead atoms. The maximum atomic E-state index is 5.83. The minimum absolute atomic E-state index is 0.457. The summed E-state index contributed by atoms with van der Waals surface area (Å²) in [5.41, 5.74) is 7.69. The molecule has 2 rings (SSSR count). The van der Waals surface area contributed by atoms with Crippen molar-refractivity contribution in [3.63, 3.8) is 0 Å². The number of hydrogen-bond donors (Lipinski definition) is 1. The van der Waals surface area contributed by atoms with Crippen molar-refractivity contribution in [1.82, 2.24) is 0 Å². The third kappa shape index (κ3) is 3.75. The Hall–Kier alpha value is -1.04. The molecule has 0 aliphatic rings. The number of hydrogen-bond acceptors (Lipinski definition) is 3. The SMILES string of the molecule is COc1ccc(Br)c(COc2ccc(CN)cc2Br)c1. The fourth-order valence-corrected chi connectivity index (χ4v) is 2.63. The predicted molar refractivity (Wildman–Crippen MR) is 87.1 cm³/mol. The molecule has 2 aromatic carbocycles. The lowest BCUT2D eigenvalue weighted by Crippen LogP contribution is -2.00. The Morgan fingerprint density at radius 2 is 1.85 bits per heavy atom. The average Bonchev–Trinajstić information content (AvgIpc) is 2.47. The minimum atomic E-state index is 0.457. The number of halogens is 2. The molecular formula is C15H15Br2NO2. The summed E-state index contributed by atoms with van der Waals surface area (Å²) in [7, 11) is 1.65. The first kappa shape index (κ1) is 15.4. The molecule has 0 aliphatic carbocycles. The van der Waals surface area contributed by atoms with Crippen molar-refractivity contribution < 1.29 is 9.47 Å². The Morgan fingerprint density at radius 3 is 2.50 bits per heavy atom. The van der Waals surface area contributed by atoms with E-state index in [0.29, 0.717) is 13.2 Å². The topological polar surface area (TPSA) is 44.5 Å². The van der Waals surface area contributed by atoms with E-state index < -0.39 is 0 Å². The first-order valence-corrected chi connectivity index (χ1v) is 7.66. The maximum absolute atomic E-state index is 5.83. The average molecular weight is 401 g/mol. The van der Waals surface area contributed by atoms with E-state index in [1.165, 1.54) is 0 Å². The molecule has 0 saturated carbocycles. The Balaban J connectivity index is 2.12. The first-order valence-electron chi connectivity index (χ1n) is 6.07. The zero-order valence-electron chi connectivity index (χ0n) is 11.0. The summed E-state index contributed by atoms with van der Waals surface area (Å²) >= 11 is 7.00. The highest BCUT2D eigenvalue weighted by Crippen LogP contribution is 2.28. The second kappa shape index (κ2) is 7.11. The molecule has 0 fully saturated rings. The number of nitrogens with two attached hydrogens (primary N) is 1. The van der Waals surface area contributed by atoms with E-state index in [0.717, 1.165) is 31.6 Å². The summed E-state index contributed by atoms with van der Waals surface area (Å²) in [6.07, 6.45) is 0. The number of rotatable bonds is 5. The highest BCUT2D eigenvalue weighted by molar-refractivity contribution is 9.10. The van der Waals surface area contributed by atoms with Crippen LogP contribution < -0.4 is 15.2 Å². The van der Waals surface area contributed by atoms with Crippen LogP contribution in [-0.2, 0) is 13.2 Å². The molecule has 2 aromatic rings. The first-order chi connectivity index (χ1) is 9.63. The lowest BCUT2D eigenvalue weighted by molar-refractivity contribution is 0.302. The van der Waals surface area contributed by atoms with Gasteiger partial charge in [-0.25, -0.2) is 0 Å². The van der Waals surface area contributed by atoms with Crippen LogP contribution in [0.5, 0.6) is 11.5 Å². The van der Waals surface area contributed by atoms with E-state index in [-0.39, 0.29) is 0 Å². The summed E-state index contributed by atoms with van der Waals surface area (Å²) in [6.45, 7) is 0.971. The van der Waals surface area contributed by atoms with Gasteiger partial charge >= 0.3 is 0 Å². The molecule has 0 heterocycles. The molecule has 20 heavy (non-hydrogen) atoms. The molecule has 0 atom stereocenters. The smallest absolute Gasteiger partial charge is 0.134 e. The monoisotopic (exact) mass is 399 g/mol. The standard InChI is InChI=1S/C15H15Br2NO2/c1-19-12-3-4-13(16)11(7-12)9-20-15-5-2-10(8-18)6-14(15)17/h2-7H,8-9,18H2,1H3. The van der Waals surface area contributed by atoms with Crippen molar-refractivity contribution in [2.75, 3.05) is 7.11 Å². The van der Waals surface area contributed by atoms with Gasteiger partial charge in [0.25, 0.3) is 0 Å². The highest BCUT2D eigenvalue weighted by Gasteiger charge is 2.06. The largest absolute Gasteiger partial charge is 0.497 e. The second-order valence-electron chi connectivity index (χ2n) is 4.21. The molecule has 5 heteroatoms. The molecule has 0 aliphatic heterocycles. The third-order valence-corrected chi connectivity index (χ3v) is 4.26. The van der Waals surface area contributed by atoms with E-state index in [1.807, 2.05) is 36.4 Å². The zero-order valence-corrected chi connectivity index (χ0v) is 14.2. The van der Waals surface area contributed by atoms with Gasteiger partial charge in [0, 0.05) is 16.6 Å². The van der Waals surface area contributed by atoms with Crippen LogP contribution in [0, 0.1) is 0 Å². The van der Waals surface area contributed by atoms with Gasteiger partial charge in [-0.1, -0.05) is 22.0 Å². The lowest BCUT2D eigenvalue weighted by atomic mass is 10.2. The van der Waals surface area contributed by atoms with Crippen LogP contribution in [0.15, 0.2) is 45.3 Å². The van der Waals surface area contributed by atoms with Crippen molar-refractivity contribution in [2.45, 2.75) is 13.2 Å². The Labute approximate surface area is 135 Å². The van der Waals surface area contributed by atoms with Crippen molar-refractivity contribution in [3.05, 3.63) is 56.5 Å². The minimum Gasteiger partial charge on any atom is -0.497 e. The molecule has 2 N–H and O–H groups in total. The summed E-state index contributed by atoms with van der Waals surface area (Å²) in [5.74, 6) is 1.60. The van der Waals surface area contributed by atoms with Crippen LogP contribution in [0.2, 0.25) is 0 Å². The highest BCUT2D eigenvalue weighted by atomic mass is 79.9. The quantitative estimate of drug-likeness (QED) is 0.815. The molecule has 0 amide bonds. The van der Waals surface area contributed by atoms with Crippen molar-refractivity contribution in [1.29, 1.82) is 0 Å².